The average Bonchev–Trinajstić information content (AvgIpc) is 2.79. The van der Waals surface area contributed by atoms with Crippen molar-refractivity contribution in [2.75, 3.05) is 33.7 Å². The van der Waals surface area contributed by atoms with Gasteiger partial charge in [0.1, 0.15) is 5.82 Å². The second kappa shape index (κ2) is 9.51. The van der Waals surface area contributed by atoms with Gasteiger partial charge in [-0.05, 0) is 57.5 Å². The Morgan fingerprint density at radius 2 is 1.92 bits per heavy atom. The lowest BCUT2D eigenvalue weighted by Crippen LogP contribution is -2.40. The average molecular weight is 349 g/mol. The first kappa shape index (κ1) is 19.4. The van der Waals surface area contributed by atoms with Crippen LogP contribution in [0.2, 0.25) is 0 Å². The van der Waals surface area contributed by atoms with E-state index in [1.54, 1.807) is 12.1 Å². The molecule has 0 aromatic heterocycles. The number of rotatable bonds is 6. The Bertz CT molecular complexity index is 575. The first-order valence-corrected chi connectivity index (χ1v) is 8.90. The maximum atomic E-state index is 12.9. The molecule has 5 nitrogen and oxygen atoms in total. The summed E-state index contributed by atoms with van der Waals surface area (Å²) in [6.07, 6.45) is 3.65. The van der Waals surface area contributed by atoms with E-state index in [1.165, 1.54) is 12.1 Å². The molecule has 1 fully saturated rings. The monoisotopic (exact) mass is 349 g/mol. The van der Waals surface area contributed by atoms with Gasteiger partial charge in [-0.25, -0.2) is 4.39 Å². The van der Waals surface area contributed by atoms with E-state index in [1.807, 2.05) is 23.9 Å². The van der Waals surface area contributed by atoms with Gasteiger partial charge in [-0.3, -0.25) is 9.59 Å². The molecular formula is C19H28FN3O2. The Kier molecular flexibility index (Phi) is 7.37. The molecular weight excluding hydrogens is 321 g/mol. The lowest BCUT2D eigenvalue weighted by atomic mass is 10.1. The second-order valence-electron chi connectivity index (χ2n) is 6.94. The van der Waals surface area contributed by atoms with Crippen LogP contribution in [0.25, 0.3) is 0 Å². The lowest BCUT2D eigenvalue weighted by molar-refractivity contribution is -0.131. The highest BCUT2D eigenvalue weighted by atomic mass is 19.1. The minimum absolute atomic E-state index is 0.0334. The molecule has 0 radical (unpaired) electrons. The van der Waals surface area contributed by atoms with Gasteiger partial charge in [0, 0.05) is 25.6 Å². The summed E-state index contributed by atoms with van der Waals surface area (Å²) in [5.74, 6) is -0.0966. The van der Waals surface area contributed by atoms with Crippen molar-refractivity contribution in [1.82, 2.24) is 15.1 Å². The van der Waals surface area contributed by atoms with Crippen LogP contribution in [-0.2, 0) is 16.0 Å². The van der Waals surface area contributed by atoms with Gasteiger partial charge >= 0.3 is 0 Å². The summed E-state index contributed by atoms with van der Waals surface area (Å²) in [6.45, 7) is 1.80. The van der Waals surface area contributed by atoms with Crippen LogP contribution in [0.3, 0.4) is 0 Å². The molecule has 0 unspecified atom stereocenters. The third kappa shape index (κ3) is 6.82. The molecule has 6 heteroatoms. The van der Waals surface area contributed by atoms with Gasteiger partial charge in [0.2, 0.25) is 11.8 Å². The Labute approximate surface area is 149 Å². The Morgan fingerprint density at radius 3 is 2.60 bits per heavy atom. The largest absolute Gasteiger partial charge is 0.352 e. The van der Waals surface area contributed by atoms with Gasteiger partial charge in [-0.1, -0.05) is 12.1 Å². The van der Waals surface area contributed by atoms with Crippen molar-refractivity contribution in [3.63, 3.8) is 0 Å². The van der Waals surface area contributed by atoms with Crippen molar-refractivity contribution in [2.45, 2.75) is 38.1 Å². The number of likely N-dealkylation sites (N-methyl/N-ethyl adjacent to an activating group) is 1. The van der Waals surface area contributed by atoms with Crippen LogP contribution in [0, 0.1) is 5.82 Å². The summed E-state index contributed by atoms with van der Waals surface area (Å²) < 4.78 is 12.9. The molecule has 1 saturated heterocycles. The van der Waals surface area contributed by atoms with Crippen LogP contribution in [0.4, 0.5) is 4.39 Å². The summed E-state index contributed by atoms with van der Waals surface area (Å²) in [6, 6.07) is 6.43. The van der Waals surface area contributed by atoms with Crippen molar-refractivity contribution in [3.05, 3.63) is 35.6 Å². The smallest absolute Gasteiger partial charge is 0.234 e. The molecule has 0 bridgehead atoms. The quantitative estimate of drug-likeness (QED) is 0.852. The van der Waals surface area contributed by atoms with E-state index in [-0.39, 0.29) is 23.7 Å². The second-order valence-corrected chi connectivity index (χ2v) is 6.94. The van der Waals surface area contributed by atoms with E-state index in [0.717, 1.165) is 31.4 Å². The normalized spacial score (nSPS) is 18.1. The first-order chi connectivity index (χ1) is 11.9. The topological polar surface area (TPSA) is 52.7 Å². The zero-order chi connectivity index (χ0) is 18.2. The number of carbonyl (C=O) groups excluding carboxylic acids is 2. The van der Waals surface area contributed by atoms with Gasteiger partial charge in [-0.2, -0.15) is 0 Å². The molecule has 2 amide bonds. The van der Waals surface area contributed by atoms with Crippen LogP contribution in [-0.4, -0.2) is 61.4 Å². The number of aryl methyl sites for hydroxylation is 1. The van der Waals surface area contributed by atoms with E-state index in [0.29, 0.717) is 25.9 Å². The third-order valence-corrected chi connectivity index (χ3v) is 4.45. The van der Waals surface area contributed by atoms with E-state index in [9.17, 15) is 14.0 Å². The fourth-order valence-electron chi connectivity index (χ4n) is 3.11. The van der Waals surface area contributed by atoms with E-state index in [2.05, 4.69) is 5.32 Å². The van der Waals surface area contributed by atoms with Crippen molar-refractivity contribution < 1.29 is 14.0 Å². The standard InChI is InChI=1S/C19H28FN3O2/c1-22(2)14-18(24)21-17-4-3-12-23(13-11-17)19(25)10-7-15-5-8-16(20)9-6-15/h5-6,8-9,17H,3-4,7,10-14H2,1-2H3,(H,21,24)/t17-/m1/s1. The van der Waals surface area contributed by atoms with Crippen LogP contribution in [0.1, 0.15) is 31.2 Å². The number of likely N-dealkylation sites (tertiary alicyclic amines) is 1. The Balaban J connectivity index is 1.76. The number of nitrogens with one attached hydrogen (secondary N) is 1. The summed E-state index contributed by atoms with van der Waals surface area (Å²) in [5, 5.41) is 3.06. The van der Waals surface area contributed by atoms with Crippen molar-refractivity contribution in [3.8, 4) is 0 Å². The number of carbonyl (C=O) groups is 2. The first-order valence-electron chi connectivity index (χ1n) is 8.90. The Hall–Kier alpha value is -1.95. The molecule has 0 saturated carbocycles. The maximum Gasteiger partial charge on any atom is 0.234 e. The number of nitrogens with zero attached hydrogens (tertiary/aromatic N) is 2. The molecule has 2 rings (SSSR count). The predicted octanol–water partition coefficient (Wildman–Crippen LogP) is 1.82. The van der Waals surface area contributed by atoms with Crippen LogP contribution >= 0.6 is 0 Å². The third-order valence-electron chi connectivity index (χ3n) is 4.45. The molecule has 1 aromatic rings. The zero-order valence-corrected chi connectivity index (χ0v) is 15.1. The fourth-order valence-corrected chi connectivity index (χ4v) is 3.11. The van der Waals surface area contributed by atoms with Gasteiger partial charge in [-0.15, -0.1) is 0 Å². The van der Waals surface area contributed by atoms with E-state index < -0.39 is 0 Å². The number of benzene rings is 1. The molecule has 1 atom stereocenters. The zero-order valence-electron chi connectivity index (χ0n) is 15.1. The lowest BCUT2D eigenvalue weighted by Gasteiger charge is -2.21. The van der Waals surface area contributed by atoms with E-state index >= 15 is 0 Å². The molecule has 1 N–H and O–H groups in total. The van der Waals surface area contributed by atoms with Gasteiger partial charge < -0.3 is 15.1 Å². The van der Waals surface area contributed by atoms with Crippen molar-refractivity contribution >= 4 is 11.8 Å². The minimum Gasteiger partial charge on any atom is -0.352 e. The van der Waals surface area contributed by atoms with Crippen LogP contribution < -0.4 is 5.32 Å². The highest BCUT2D eigenvalue weighted by Gasteiger charge is 2.21. The van der Waals surface area contributed by atoms with Crippen LogP contribution in [0.15, 0.2) is 24.3 Å². The van der Waals surface area contributed by atoms with E-state index in [4.69, 9.17) is 0 Å². The molecule has 0 aliphatic carbocycles. The molecule has 0 spiro atoms. The van der Waals surface area contributed by atoms with Crippen molar-refractivity contribution in [1.29, 1.82) is 0 Å². The molecule has 1 heterocycles. The fraction of sp³-hybridized carbons (Fsp3) is 0.579. The summed E-state index contributed by atoms with van der Waals surface area (Å²) in [7, 11) is 3.74. The van der Waals surface area contributed by atoms with Crippen LogP contribution in [0.5, 0.6) is 0 Å². The molecule has 25 heavy (non-hydrogen) atoms. The summed E-state index contributed by atoms with van der Waals surface area (Å²) in [5.41, 5.74) is 0.971. The summed E-state index contributed by atoms with van der Waals surface area (Å²) >= 11 is 0. The number of hydrogen-bond donors (Lipinski definition) is 1. The highest BCUT2D eigenvalue weighted by Crippen LogP contribution is 2.13. The number of hydrogen-bond acceptors (Lipinski definition) is 3. The SMILES string of the molecule is CN(C)CC(=O)N[C@@H]1CCCN(C(=O)CCc2ccc(F)cc2)CC1. The Morgan fingerprint density at radius 1 is 1.20 bits per heavy atom. The molecule has 1 aliphatic heterocycles. The minimum atomic E-state index is -0.259. The molecule has 1 aliphatic rings. The van der Waals surface area contributed by atoms with Gasteiger partial charge in [0.15, 0.2) is 0 Å². The van der Waals surface area contributed by atoms with Crippen molar-refractivity contribution in [2.24, 2.45) is 0 Å². The number of amides is 2. The van der Waals surface area contributed by atoms with Gasteiger partial charge in [0.25, 0.3) is 0 Å². The number of halogens is 1. The van der Waals surface area contributed by atoms with Gasteiger partial charge in [0.05, 0.1) is 6.54 Å². The maximum absolute atomic E-state index is 12.9. The highest BCUT2D eigenvalue weighted by molar-refractivity contribution is 5.78. The molecule has 138 valence electrons. The summed E-state index contributed by atoms with van der Waals surface area (Å²) in [4.78, 5) is 28.0. The predicted molar refractivity (Wildman–Crippen MR) is 95.6 cm³/mol. The molecule has 1 aromatic carbocycles.